The van der Waals surface area contributed by atoms with Crippen LogP contribution in [0.3, 0.4) is 0 Å². The number of carbonyl (C=O) groups excluding carboxylic acids is 2. The molecular weight excluding hydrogens is 230 g/mol. The number of rotatable bonds is 9. The first-order valence-electron chi connectivity index (χ1n) is 6.87. The zero-order chi connectivity index (χ0) is 13.4. The summed E-state index contributed by atoms with van der Waals surface area (Å²) in [5.74, 6) is 0.152. The average Bonchev–Trinajstić information content (AvgIpc) is 3.08. The van der Waals surface area contributed by atoms with Crippen molar-refractivity contribution >= 4 is 11.8 Å². The first-order chi connectivity index (χ1) is 8.58. The predicted octanol–water partition coefficient (Wildman–Crippen LogP) is 0.550. The van der Waals surface area contributed by atoms with Gasteiger partial charge in [-0.3, -0.25) is 9.59 Å². The Labute approximate surface area is 109 Å². The quantitative estimate of drug-likeness (QED) is 0.527. The first-order valence-corrected chi connectivity index (χ1v) is 6.87. The van der Waals surface area contributed by atoms with E-state index in [4.69, 9.17) is 0 Å². The molecule has 0 aromatic heterocycles. The summed E-state index contributed by atoms with van der Waals surface area (Å²) < 4.78 is 0. The summed E-state index contributed by atoms with van der Waals surface area (Å²) >= 11 is 0. The van der Waals surface area contributed by atoms with Crippen molar-refractivity contribution in [2.45, 2.75) is 58.0 Å². The van der Waals surface area contributed by atoms with Gasteiger partial charge in [-0.25, -0.2) is 0 Å². The van der Waals surface area contributed by atoms with E-state index in [0.717, 1.165) is 12.8 Å². The van der Waals surface area contributed by atoms with Crippen LogP contribution in [0.25, 0.3) is 0 Å². The molecule has 2 amide bonds. The molecule has 1 aliphatic rings. The van der Waals surface area contributed by atoms with Gasteiger partial charge in [-0.2, -0.15) is 0 Å². The van der Waals surface area contributed by atoms with Gasteiger partial charge in [0.05, 0.1) is 0 Å². The van der Waals surface area contributed by atoms with Crippen molar-refractivity contribution in [3.8, 4) is 0 Å². The van der Waals surface area contributed by atoms with Crippen molar-refractivity contribution in [1.29, 1.82) is 0 Å². The third kappa shape index (κ3) is 8.06. The summed E-state index contributed by atoms with van der Waals surface area (Å²) in [4.78, 5) is 22.8. The molecule has 1 rings (SSSR count). The van der Waals surface area contributed by atoms with Crippen molar-refractivity contribution in [3.05, 3.63) is 0 Å². The largest absolute Gasteiger partial charge is 0.356 e. The molecule has 0 saturated heterocycles. The lowest BCUT2D eigenvalue weighted by molar-refractivity contribution is -0.123. The zero-order valence-corrected chi connectivity index (χ0v) is 11.4. The monoisotopic (exact) mass is 255 g/mol. The Bertz CT molecular complexity index is 275. The minimum atomic E-state index is 0.0470. The van der Waals surface area contributed by atoms with Crippen LogP contribution in [0.15, 0.2) is 0 Å². The Morgan fingerprint density at radius 2 is 1.83 bits per heavy atom. The Kier molecular flexibility index (Phi) is 6.72. The molecule has 0 unspecified atom stereocenters. The second-order valence-corrected chi connectivity index (χ2v) is 5.15. The van der Waals surface area contributed by atoms with Gasteiger partial charge in [-0.15, -0.1) is 0 Å². The fourth-order valence-corrected chi connectivity index (χ4v) is 1.57. The molecule has 0 spiro atoms. The Hall–Kier alpha value is -1.10. The third-order valence-electron chi connectivity index (χ3n) is 2.75. The summed E-state index contributed by atoms with van der Waals surface area (Å²) in [5, 5.41) is 8.94. The van der Waals surface area contributed by atoms with Crippen LogP contribution in [0.4, 0.5) is 0 Å². The van der Waals surface area contributed by atoms with Crippen molar-refractivity contribution in [3.63, 3.8) is 0 Å². The SMILES string of the molecule is CC(C)NCCC(=O)NCCCC(=O)NC1CC1. The van der Waals surface area contributed by atoms with Crippen LogP contribution >= 0.6 is 0 Å². The molecule has 18 heavy (non-hydrogen) atoms. The Morgan fingerprint density at radius 1 is 1.11 bits per heavy atom. The number of hydrogen-bond donors (Lipinski definition) is 3. The van der Waals surface area contributed by atoms with Crippen molar-refractivity contribution < 1.29 is 9.59 Å². The summed E-state index contributed by atoms with van der Waals surface area (Å²) in [7, 11) is 0. The molecule has 0 bridgehead atoms. The second-order valence-electron chi connectivity index (χ2n) is 5.15. The molecule has 0 atom stereocenters. The summed E-state index contributed by atoms with van der Waals surface area (Å²) in [6, 6.07) is 0.832. The van der Waals surface area contributed by atoms with Gasteiger partial charge < -0.3 is 16.0 Å². The first kappa shape index (κ1) is 15.0. The van der Waals surface area contributed by atoms with Gasteiger partial charge in [0.15, 0.2) is 0 Å². The van der Waals surface area contributed by atoms with E-state index in [1.807, 2.05) is 0 Å². The lowest BCUT2D eigenvalue weighted by Crippen LogP contribution is -2.31. The molecular formula is C13H25N3O2. The van der Waals surface area contributed by atoms with Crippen LogP contribution in [0.1, 0.15) is 46.0 Å². The van der Waals surface area contributed by atoms with E-state index in [-0.39, 0.29) is 11.8 Å². The van der Waals surface area contributed by atoms with Gasteiger partial charge in [0.1, 0.15) is 0 Å². The maximum atomic E-state index is 11.4. The minimum Gasteiger partial charge on any atom is -0.356 e. The summed E-state index contributed by atoms with van der Waals surface area (Å²) in [5.41, 5.74) is 0. The van der Waals surface area contributed by atoms with Gasteiger partial charge >= 0.3 is 0 Å². The number of nitrogens with one attached hydrogen (secondary N) is 3. The highest BCUT2D eigenvalue weighted by atomic mass is 16.2. The maximum absolute atomic E-state index is 11.4. The van der Waals surface area contributed by atoms with E-state index in [1.54, 1.807) is 0 Å². The predicted molar refractivity (Wildman–Crippen MR) is 71.2 cm³/mol. The summed E-state index contributed by atoms with van der Waals surface area (Å²) in [6.45, 7) is 5.39. The van der Waals surface area contributed by atoms with Crippen molar-refractivity contribution in [1.82, 2.24) is 16.0 Å². The van der Waals surface area contributed by atoms with Crippen LogP contribution < -0.4 is 16.0 Å². The molecule has 1 saturated carbocycles. The van der Waals surface area contributed by atoms with E-state index in [2.05, 4.69) is 29.8 Å². The molecule has 0 aromatic carbocycles. The fraction of sp³-hybridized carbons (Fsp3) is 0.846. The standard InChI is InChI=1S/C13H25N3O2/c1-10(2)14-9-7-12(17)15-8-3-4-13(18)16-11-5-6-11/h10-11,14H,3-9H2,1-2H3,(H,15,17)(H,16,18). The average molecular weight is 255 g/mol. The van der Waals surface area contributed by atoms with E-state index in [1.165, 1.54) is 0 Å². The highest BCUT2D eigenvalue weighted by Gasteiger charge is 2.22. The van der Waals surface area contributed by atoms with E-state index in [0.29, 0.717) is 44.4 Å². The lowest BCUT2D eigenvalue weighted by Gasteiger charge is -2.08. The third-order valence-corrected chi connectivity index (χ3v) is 2.75. The molecule has 0 aromatic rings. The smallest absolute Gasteiger partial charge is 0.221 e. The number of hydrogen-bond acceptors (Lipinski definition) is 3. The lowest BCUT2D eigenvalue weighted by atomic mass is 10.3. The van der Waals surface area contributed by atoms with E-state index in [9.17, 15) is 9.59 Å². The molecule has 0 radical (unpaired) electrons. The van der Waals surface area contributed by atoms with Crippen molar-refractivity contribution in [2.75, 3.05) is 13.1 Å². The van der Waals surface area contributed by atoms with Crippen LogP contribution in [-0.2, 0) is 9.59 Å². The molecule has 3 N–H and O–H groups in total. The topological polar surface area (TPSA) is 70.2 Å². The second kappa shape index (κ2) is 8.08. The number of amides is 2. The van der Waals surface area contributed by atoms with Crippen LogP contribution in [0, 0.1) is 0 Å². The van der Waals surface area contributed by atoms with Gasteiger partial charge in [0.25, 0.3) is 0 Å². The fourth-order valence-electron chi connectivity index (χ4n) is 1.57. The van der Waals surface area contributed by atoms with E-state index < -0.39 is 0 Å². The van der Waals surface area contributed by atoms with Gasteiger partial charge in [-0.05, 0) is 19.3 Å². The highest BCUT2D eigenvalue weighted by molar-refractivity contribution is 5.77. The van der Waals surface area contributed by atoms with Crippen molar-refractivity contribution in [2.24, 2.45) is 0 Å². The molecule has 5 nitrogen and oxygen atoms in total. The van der Waals surface area contributed by atoms with E-state index >= 15 is 0 Å². The molecule has 1 aliphatic carbocycles. The zero-order valence-electron chi connectivity index (χ0n) is 11.4. The molecule has 0 heterocycles. The van der Waals surface area contributed by atoms with Gasteiger partial charge in [0, 0.05) is 38.0 Å². The normalized spacial score (nSPS) is 14.6. The maximum Gasteiger partial charge on any atom is 0.221 e. The van der Waals surface area contributed by atoms with Gasteiger partial charge in [-0.1, -0.05) is 13.8 Å². The summed E-state index contributed by atoms with van der Waals surface area (Å²) in [6.07, 6.45) is 3.94. The van der Waals surface area contributed by atoms with Crippen LogP contribution in [-0.4, -0.2) is 37.0 Å². The number of carbonyl (C=O) groups is 2. The molecule has 5 heteroatoms. The van der Waals surface area contributed by atoms with Crippen LogP contribution in [0.2, 0.25) is 0 Å². The van der Waals surface area contributed by atoms with Crippen LogP contribution in [0.5, 0.6) is 0 Å². The molecule has 1 fully saturated rings. The molecule has 0 aliphatic heterocycles. The molecule has 104 valence electrons. The Morgan fingerprint density at radius 3 is 2.44 bits per heavy atom. The Balaban J connectivity index is 1.89. The minimum absolute atomic E-state index is 0.0470. The highest BCUT2D eigenvalue weighted by Crippen LogP contribution is 2.18. The van der Waals surface area contributed by atoms with Gasteiger partial charge in [0.2, 0.25) is 11.8 Å².